The number of rotatable bonds is 6. The van der Waals surface area contributed by atoms with Gasteiger partial charge in [-0.05, 0) is 49.7 Å². The van der Waals surface area contributed by atoms with E-state index in [2.05, 4.69) is 10.5 Å². The molecule has 1 N–H and O–H groups in total. The Morgan fingerprint density at radius 2 is 1.88 bits per heavy atom. The number of furan rings is 1. The first-order chi connectivity index (χ1) is 11.9. The van der Waals surface area contributed by atoms with Gasteiger partial charge in [0.1, 0.15) is 11.5 Å². The molecule has 0 unspecified atom stereocenters. The van der Waals surface area contributed by atoms with Gasteiger partial charge in [0.15, 0.2) is 6.61 Å². The van der Waals surface area contributed by atoms with Gasteiger partial charge in [0.2, 0.25) is 0 Å². The van der Waals surface area contributed by atoms with Gasteiger partial charge in [-0.3, -0.25) is 9.59 Å². The van der Waals surface area contributed by atoms with E-state index in [9.17, 15) is 9.59 Å². The third-order valence-corrected chi connectivity index (χ3v) is 3.56. The number of nitrogens with one attached hydrogen (secondary N) is 1. The molecule has 0 atom stereocenters. The molecule has 1 aromatic carbocycles. The molecule has 0 fully saturated rings. The van der Waals surface area contributed by atoms with E-state index in [4.69, 9.17) is 9.15 Å². The van der Waals surface area contributed by atoms with Crippen LogP contribution in [0.15, 0.2) is 46.1 Å². The minimum atomic E-state index is -0.326. The lowest BCUT2D eigenvalue weighted by Crippen LogP contribution is -2.27. The summed E-state index contributed by atoms with van der Waals surface area (Å²) in [6.07, 6.45) is 1.46. The molecule has 0 bridgehead atoms. The average Bonchev–Trinajstić information content (AvgIpc) is 3.03. The topological polar surface area (TPSA) is 84.1 Å². The fourth-order valence-electron chi connectivity index (χ4n) is 1.95. The lowest BCUT2D eigenvalue weighted by molar-refractivity contribution is -0.130. The second kappa shape index (κ2) is 8.14. The zero-order chi connectivity index (χ0) is 18.4. The molecule has 132 valence electrons. The third kappa shape index (κ3) is 4.94. The van der Waals surface area contributed by atoms with Crippen molar-refractivity contribution < 1.29 is 18.7 Å². The highest BCUT2D eigenvalue weighted by atomic mass is 16.5. The first-order valence-corrected chi connectivity index (χ1v) is 7.70. The van der Waals surface area contributed by atoms with Crippen LogP contribution in [0.25, 0.3) is 0 Å². The van der Waals surface area contributed by atoms with Crippen LogP contribution in [0.2, 0.25) is 0 Å². The molecule has 0 aliphatic carbocycles. The van der Waals surface area contributed by atoms with Crippen molar-refractivity contribution in [2.45, 2.75) is 13.8 Å². The van der Waals surface area contributed by atoms with Crippen LogP contribution < -0.4 is 10.2 Å². The zero-order valence-electron chi connectivity index (χ0n) is 14.7. The molecule has 25 heavy (non-hydrogen) atoms. The maximum atomic E-state index is 12.0. The maximum Gasteiger partial charge on any atom is 0.274 e. The number of benzene rings is 1. The molecule has 0 radical (unpaired) electrons. The van der Waals surface area contributed by atoms with Crippen LogP contribution in [0, 0.1) is 6.92 Å². The van der Waals surface area contributed by atoms with Gasteiger partial charge in [-0.1, -0.05) is 0 Å². The highest BCUT2D eigenvalue weighted by Gasteiger charge is 2.10. The number of carbonyl (C=O) groups is 2. The van der Waals surface area contributed by atoms with Gasteiger partial charge in [0, 0.05) is 14.1 Å². The Kier molecular flexibility index (Phi) is 5.94. The van der Waals surface area contributed by atoms with Crippen LogP contribution in [-0.2, 0) is 4.79 Å². The third-order valence-electron chi connectivity index (χ3n) is 3.56. The molecule has 0 aliphatic rings. The van der Waals surface area contributed by atoms with Crippen molar-refractivity contribution in [3.63, 3.8) is 0 Å². The predicted octanol–water partition coefficient (Wildman–Crippen LogP) is 2.21. The molecule has 7 heteroatoms. The highest BCUT2D eigenvalue weighted by Crippen LogP contribution is 2.13. The Balaban J connectivity index is 1.95. The van der Waals surface area contributed by atoms with E-state index in [0.717, 1.165) is 5.56 Å². The van der Waals surface area contributed by atoms with Gasteiger partial charge in [0.05, 0.1) is 17.5 Å². The molecule has 2 aromatic rings. The largest absolute Gasteiger partial charge is 0.484 e. The van der Waals surface area contributed by atoms with Crippen LogP contribution >= 0.6 is 0 Å². The Morgan fingerprint density at radius 1 is 1.20 bits per heavy atom. The van der Waals surface area contributed by atoms with Crippen LogP contribution in [0.1, 0.15) is 28.6 Å². The first-order valence-electron chi connectivity index (χ1n) is 7.70. The summed E-state index contributed by atoms with van der Waals surface area (Å²) in [5, 5.41) is 4.09. The van der Waals surface area contributed by atoms with E-state index in [1.54, 1.807) is 46.1 Å². The molecule has 0 aliphatic heterocycles. The van der Waals surface area contributed by atoms with Gasteiger partial charge in [-0.15, -0.1) is 0 Å². The summed E-state index contributed by atoms with van der Waals surface area (Å²) in [6, 6.07) is 8.71. The summed E-state index contributed by atoms with van der Waals surface area (Å²) in [7, 11) is 3.35. The fourth-order valence-corrected chi connectivity index (χ4v) is 1.95. The Morgan fingerprint density at radius 3 is 2.44 bits per heavy atom. The minimum absolute atomic E-state index is 0.0144. The number of carbonyl (C=O) groups excluding carboxylic acids is 2. The van der Waals surface area contributed by atoms with E-state index < -0.39 is 0 Å². The van der Waals surface area contributed by atoms with E-state index >= 15 is 0 Å². The molecule has 0 saturated carbocycles. The van der Waals surface area contributed by atoms with Crippen molar-refractivity contribution >= 4 is 17.5 Å². The molecule has 2 rings (SSSR count). The second-order valence-electron chi connectivity index (χ2n) is 5.63. The minimum Gasteiger partial charge on any atom is -0.484 e. The number of hydrogen-bond acceptors (Lipinski definition) is 5. The molecule has 0 spiro atoms. The summed E-state index contributed by atoms with van der Waals surface area (Å²) in [4.78, 5) is 25.0. The van der Waals surface area contributed by atoms with Crippen molar-refractivity contribution in [3.8, 4) is 5.75 Å². The Hall–Kier alpha value is -3.09. The molecule has 0 saturated heterocycles. The molecule has 7 nitrogen and oxygen atoms in total. The van der Waals surface area contributed by atoms with E-state index in [1.165, 1.54) is 11.2 Å². The lowest BCUT2D eigenvalue weighted by atomic mass is 10.1. The Labute approximate surface area is 146 Å². The summed E-state index contributed by atoms with van der Waals surface area (Å²) < 4.78 is 10.5. The molecular weight excluding hydrogens is 322 g/mol. The van der Waals surface area contributed by atoms with Gasteiger partial charge < -0.3 is 14.1 Å². The monoisotopic (exact) mass is 343 g/mol. The fraction of sp³-hybridized carbons (Fsp3) is 0.278. The number of ether oxygens (including phenoxy) is 1. The van der Waals surface area contributed by atoms with E-state index in [0.29, 0.717) is 22.8 Å². The number of likely N-dealkylation sites (N-methyl/N-ethyl adjacent to an activating group) is 1. The second-order valence-corrected chi connectivity index (χ2v) is 5.63. The summed E-state index contributed by atoms with van der Waals surface area (Å²) in [5.41, 5.74) is 4.42. The maximum absolute atomic E-state index is 12.0. The molecule has 1 aromatic heterocycles. The van der Waals surface area contributed by atoms with Crippen molar-refractivity contribution in [3.05, 3.63) is 53.5 Å². The van der Waals surface area contributed by atoms with Gasteiger partial charge >= 0.3 is 0 Å². The molecule has 1 heterocycles. The van der Waals surface area contributed by atoms with Crippen molar-refractivity contribution in [2.75, 3.05) is 20.7 Å². The number of nitrogens with zero attached hydrogens (tertiary/aromatic N) is 2. The zero-order valence-corrected chi connectivity index (χ0v) is 14.7. The van der Waals surface area contributed by atoms with Gasteiger partial charge in [-0.2, -0.15) is 5.10 Å². The smallest absolute Gasteiger partial charge is 0.274 e. The van der Waals surface area contributed by atoms with Crippen LogP contribution in [0.4, 0.5) is 0 Å². The average molecular weight is 343 g/mol. The van der Waals surface area contributed by atoms with E-state index in [1.807, 2.05) is 12.1 Å². The van der Waals surface area contributed by atoms with Crippen molar-refractivity contribution in [1.29, 1.82) is 0 Å². The lowest BCUT2D eigenvalue weighted by Gasteiger charge is -2.11. The quantitative estimate of drug-likeness (QED) is 0.644. The number of hydrazone groups is 1. The Bertz CT molecular complexity index is 776. The molecule has 2 amide bonds. The first kappa shape index (κ1) is 18.3. The van der Waals surface area contributed by atoms with Crippen LogP contribution in [0.5, 0.6) is 5.75 Å². The van der Waals surface area contributed by atoms with Gasteiger partial charge in [-0.25, -0.2) is 5.43 Å². The number of amides is 2. The number of aryl methyl sites for hydroxylation is 1. The summed E-state index contributed by atoms with van der Waals surface area (Å²) in [5.74, 6) is 0.691. The summed E-state index contributed by atoms with van der Waals surface area (Å²) in [6.45, 7) is 3.48. The predicted molar refractivity (Wildman–Crippen MR) is 93.8 cm³/mol. The normalized spacial score (nSPS) is 11.1. The van der Waals surface area contributed by atoms with Crippen molar-refractivity contribution in [1.82, 2.24) is 10.3 Å². The SMILES string of the molecule is C/C(=N\NC(=O)c1ccoc1C)c1ccc(OCC(=O)N(C)C)cc1. The van der Waals surface area contributed by atoms with E-state index in [-0.39, 0.29) is 18.4 Å². The van der Waals surface area contributed by atoms with Gasteiger partial charge in [0.25, 0.3) is 11.8 Å². The van der Waals surface area contributed by atoms with Crippen LogP contribution in [-0.4, -0.2) is 43.1 Å². The number of hydrogen-bond donors (Lipinski definition) is 1. The highest BCUT2D eigenvalue weighted by molar-refractivity contribution is 6.01. The van der Waals surface area contributed by atoms with Crippen molar-refractivity contribution in [2.24, 2.45) is 5.10 Å². The molecular formula is C18H21N3O4. The standard InChI is InChI=1S/C18H21N3O4/c1-12(19-20-18(23)16-9-10-24-13(16)2)14-5-7-15(8-6-14)25-11-17(22)21(3)4/h5-10H,11H2,1-4H3,(H,20,23)/b19-12+. The summed E-state index contributed by atoms with van der Waals surface area (Å²) >= 11 is 0. The van der Waals surface area contributed by atoms with Crippen LogP contribution in [0.3, 0.4) is 0 Å².